The van der Waals surface area contributed by atoms with Crippen molar-refractivity contribution >= 4 is 0 Å². The molecular weight excluding hydrogens is 290 g/mol. The van der Waals surface area contributed by atoms with Gasteiger partial charge in [-0.25, -0.2) is 0 Å². The number of morpholine rings is 1. The van der Waals surface area contributed by atoms with Gasteiger partial charge in [-0.05, 0) is 45.4 Å². The number of unbranched alkanes of at least 4 members (excludes halogenated alkanes) is 1. The number of para-hydroxylation sites is 2. The van der Waals surface area contributed by atoms with Gasteiger partial charge in [-0.1, -0.05) is 24.8 Å². The maximum Gasteiger partial charge on any atom is 0.161 e. The Hall–Kier alpha value is -1.52. The van der Waals surface area contributed by atoms with E-state index in [9.17, 15) is 0 Å². The minimum Gasteiger partial charge on any atom is -0.490 e. The monoisotopic (exact) mass is 319 g/mol. The average molecular weight is 319 g/mol. The Kier molecular flexibility index (Phi) is 7.43. The van der Waals surface area contributed by atoms with Crippen molar-refractivity contribution in [1.82, 2.24) is 4.90 Å². The van der Waals surface area contributed by atoms with E-state index < -0.39 is 0 Å². The highest BCUT2D eigenvalue weighted by Crippen LogP contribution is 2.26. The first-order chi connectivity index (χ1) is 11.2. The van der Waals surface area contributed by atoms with Gasteiger partial charge in [0.25, 0.3) is 0 Å². The molecule has 0 bridgehead atoms. The van der Waals surface area contributed by atoms with Crippen molar-refractivity contribution in [3.63, 3.8) is 0 Å². The summed E-state index contributed by atoms with van der Waals surface area (Å²) in [5.74, 6) is 1.59. The number of nitrogens with zero attached hydrogens (tertiary/aromatic N) is 1. The lowest BCUT2D eigenvalue weighted by Crippen LogP contribution is -2.45. The molecule has 1 aromatic rings. The standard InChI is InChI=1S/C19H29NO3/c1-4-12-21-18-9-5-6-10-19(18)22-13-8-7-11-20-14-16(2)23-17(3)15-20/h4-6,9-10,16-17H,1,7-8,11-15H2,2-3H3. The Bertz CT molecular complexity index is 467. The lowest BCUT2D eigenvalue weighted by molar-refractivity contribution is -0.0682. The first-order valence-corrected chi connectivity index (χ1v) is 8.52. The van der Waals surface area contributed by atoms with Gasteiger partial charge in [-0.3, -0.25) is 4.90 Å². The molecule has 23 heavy (non-hydrogen) atoms. The number of rotatable bonds is 9. The second-order valence-electron chi connectivity index (χ2n) is 6.12. The van der Waals surface area contributed by atoms with Crippen molar-refractivity contribution in [2.24, 2.45) is 0 Å². The maximum atomic E-state index is 5.86. The van der Waals surface area contributed by atoms with E-state index in [1.165, 1.54) is 0 Å². The van der Waals surface area contributed by atoms with E-state index in [2.05, 4.69) is 25.3 Å². The summed E-state index contributed by atoms with van der Waals surface area (Å²) in [7, 11) is 0. The summed E-state index contributed by atoms with van der Waals surface area (Å²) in [6.07, 6.45) is 4.58. The molecule has 1 aromatic carbocycles. The molecule has 4 nitrogen and oxygen atoms in total. The Balaban J connectivity index is 1.66. The first-order valence-electron chi connectivity index (χ1n) is 8.52. The quantitative estimate of drug-likeness (QED) is 0.515. The van der Waals surface area contributed by atoms with E-state index in [1.807, 2.05) is 24.3 Å². The molecule has 0 saturated carbocycles. The maximum absolute atomic E-state index is 5.86. The second kappa shape index (κ2) is 9.58. The lowest BCUT2D eigenvalue weighted by atomic mass is 10.2. The van der Waals surface area contributed by atoms with Crippen LogP contribution in [0, 0.1) is 0 Å². The third kappa shape index (κ3) is 6.24. The predicted molar refractivity (Wildman–Crippen MR) is 93.3 cm³/mol. The fourth-order valence-corrected chi connectivity index (χ4v) is 2.92. The zero-order valence-corrected chi connectivity index (χ0v) is 14.4. The summed E-state index contributed by atoms with van der Waals surface area (Å²) in [6, 6.07) is 7.79. The van der Waals surface area contributed by atoms with Crippen molar-refractivity contribution < 1.29 is 14.2 Å². The normalized spacial score (nSPS) is 21.8. The molecule has 1 heterocycles. The largest absolute Gasteiger partial charge is 0.490 e. The third-order valence-corrected chi connectivity index (χ3v) is 3.83. The topological polar surface area (TPSA) is 30.9 Å². The lowest BCUT2D eigenvalue weighted by Gasteiger charge is -2.35. The molecule has 0 spiro atoms. The van der Waals surface area contributed by atoms with Crippen LogP contribution in [0.4, 0.5) is 0 Å². The summed E-state index contributed by atoms with van der Waals surface area (Å²) in [4.78, 5) is 2.49. The van der Waals surface area contributed by atoms with E-state index >= 15 is 0 Å². The molecule has 4 heteroatoms. The van der Waals surface area contributed by atoms with Gasteiger partial charge in [0.15, 0.2) is 11.5 Å². The number of hydrogen-bond acceptors (Lipinski definition) is 4. The van der Waals surface area contributed by atoms with Crippen LogP contribution in [0.3, 0.4) is 0 Å². The molecule has 0 aliphatic carbocycles. The van der Waals surface area contributed by atoms with Crippen molar-refractivity contribution in [1.29, 1.82) is 0 Å². The molecule has 1 aliphatic rings. The molecule has 0 aromatic heterocycles. The third-order valence-electron chi connectivity index (χ3n) is 3.83. The summed E-state index contributed by atoms with van der Waals surface area (Å²) in [5.41, 5.74) is 0. The minimum atomic E-state index is 0.337. The van der Waals surface area contributed by atoms with Crippen molar-refractivity contribution in [2.45, 2.75) is 38.9 Å². The van der Waals surface area contributed by atoms with Crippen molar-refractivity contribution in [2.75, 3.05) is 32.8 Å². The van der Waals surface area contributed by atoms with E-state index in [0.717, 1.165) is 44.0 Å². The summed E-state index contributed by atoms with van der Waals surface area (Å²) in [5, 5.41) is 0. The van der Waals surface area contributed by atoms with Crippen LogP contribution in [0.1, 0.15) is 26.7 Å². The summed E-state index contributed by atoms with van der Waals surface area (Å²) < 4.78 is 17.2. The Morgan fingerprint density at radius 1 is 1.13 bits per heavy atom. The van der Waals surface area contributed by atoms with Crippen LogP contribution in [0.25, 0.3) is 0 Å². The molecule has 0 radical (unpaired) electrons. The fraction of sp³-hybridized carbons (Fsp3) is 0.579. The molecule has 0 amide bonds. The van der Waals surface area contributed by atoms with Gasteiger partial charge in [0.1, 0.15) is 6.61 Å². The van der Waals surface area contributed by atoms with Crippen molar-refractivity contribution in [3.8, 4) is 11.5 Å². The number of hydrogen-bond donors (Lipinski definition) is 0. The van der Waals surface area contributed by atoms with Gasteiger partial charge in [-0.2, -0.15) is 0 Å². The number of benzene rings is 1. The van der Waals surface area contributed by atoms with Crippen LogP contribution >= 0.6 is 0 Å². The second-order valence-corrected chi connectivity index (χ2v) is 6.12. The van der Waals surface area contributed by atoms with Crippen LogP contribution < -0.4 is 9.47 Å². The van der Waals surface area contributed by atoms with Crippen molar-refractivity contribution in [3.05, 3.63) is 36.9 Å². The fourth-order valence-electron chi connectivity index (χ4n) is 2.92. The summed E-state index contributed by atoms with van der Waals surface area (Å²) in [6.45, 7) is 12.3. The van der Waals surface area contributed by atoms with Gasteiger partial charge in [-0.15, -0.1) is 0 Å². The molecule has 2 atom stereocenters. The van der Waals surface area contributed by atoms with Gasteiger partial charge in [0.05, 0.1) is 18.8 Å². The molecule has 1 aliphatic heterocycles. The zero-order valence-electron chi connectivity index (χ0n) is 14.4. The Morgan fingerprint density at radius 3 is 2.43 bits per heavy atom. The van der Waals surface area contributed by atoms with Gasteiger partial charge in [0.2, 0.25) is 0 Å². The van der Waals surface area contributed by atoms with Gasteiger partial charge in [0, 0.05) is 13.1 Å². The zero-order chi connectivity index (χ0) is 16.5. The average Bonchev–Trinajstić information content (AvgIpc) is 2.52. The van der Waals surface area contributed by atoms with E-state index in [-0.39, 0.29) is 0 Å². The first kappa shape index (κ1) is 17.8. The molecule has 1 fully saturated rings. The van der Waals surface area contributed by atoms with E-state index in [4.69, 9.17) is 14.2 Å². The van der Waals surface area contributed by atoms with Crippen LogP contribution in [-0.4, -0.2) is 50.0 Å². The van der Waals surface area contributed by atoms with Crippen LogP contribution in [0.15, 0.2) is 36.9 Å². The SMILES string of the molecule is C=CCOc1ccccc1OCCCCN1CC(C)OC(C)C1. The minimum absolute atomic E-state index is 0.337. The van der Waals surface area contributed by atoms with E-state index in [1.54, 1.807) is 6.08 Å². The molecule has 2 unspecified atom stereocenters. The van der Waals surface area contributed by atoms with Crippen LogP contribution in [0.2, 0.25) is 0 Å². The molecule has 1 saturated heterocycles. The molecular formula is C19H29NO3. The van der Waals surface area contributed by atoms with Gasteiger partial charge < -0.3 is 14.2 Å². The molecule has 128 valence electrons. The van der Waals surface area contributed by atoms with Gasteiger partial charge >= 0.3 is 0 Å². The molecule has 2 rings (SSSR count). The predicted octanol–water partition coefficient (Wildman–Crippen LogP) is 3.52. The highest BCUT2D eigenvalue weighted by atomic mass is 16.5. The van der Waals surface area contributed by atoms with Crippen LogP contribution in [-0.2, 0) is 4.74 Å². The highest BCUT2D eigenvalue weighted by Gasteiger charge is 2.21. The number of ether oxygens (including phenoxy) is 3. The Labute approximate surface area is 140 Å². The smallest absolute Gasteiger partial charge is 0.161 e. The van der Waals surface area contributed by atoms with E-state index in [0.29, 0.717) is 25.4 Å². The Morgan fingerprint density at radius 2 is 1.78 bits per heavy atom. The van der Waals surface area contributed by atoms with Crippen LogP contribution in [0.5, 0.6) is 11.5 Å². The summed E-state index contributed by atoms with van der Waals surface area (Å²) >= 11 is 0. The molecule has 0 N–H and O–H groups in total. The highest BCUT2D eigenvalue weighted by molar-refractivity contribution is 5.39.